The largest absolute Gasteiger partial charge is 0.489 e. The lowest BCUT2D eigenvalue weighted by atomic mass is 10.0. The van der Waals surface area contributed by atoms with E-state index < -0.39 is 0 Å². The first-order valence-corrected chi connectivity index (χ1v) is 6.36. The van der Waals surface area contributed by atoms with Gasteiger partial charge in [0.1, 0.15) is 0 Å². The molecule has 0 amide bonds. The zero-order valence-electron chi connectivity index (χ0n) is 9.96. The molecule has 1 aliphatic heterocycles. The standard InChI is InChI=1S/C13H17ClO3/c1-2-9-10(4-5-15)11(14)8-12-13(9)17-7-3-6-16-12/h8,15H,2-7H2,1H3. The van der Waals surface area contributed by atoms with E-state index in [9.17, 15) is 0 Å². The second kappa shape index (κ2) is 5.61. The average Bonchev–Trinajstić information content (AvgIpc) is 2.55. The Bertz CT molecular complexity index is 404. The number of rotatable bonds is 3. The first kappa shape index (κ1) is 12.5. The highest BCUT2D eigenvalue weighted by atomic mass is 35.5. The summed E-state index contributed by atoms with van der Waals surface area (Å²) in [6.07, 6.45) is 2.25. The van der Waals surface area contributed by atoms with E-state index in [0.29, 0.717) is 24.7 Å². The molecule has 1 N–H and O–H groups in total. The van der Waals surface area contributed by atoms with Crippen LogP contribution < -0.4 is 9.47 Å². The molecule has 0 saturated heterocycles. The van der Waals surface area contributed by atoms with Gasteiger partial charge in [0, 0.05) is 29.7 Å². The van der Waals surface area contributed by atoms with Gasteiger partial charge in [-0.1, -0.05) is 18.5 Å². The van der Waals surface area contributed by atoms with E-state index in [1.807, 2.05) is 0 Å². The summed E-state index contributed by atoms with van der Waals surface area (Å²) in [6.45, 7) is 3.47. The monoisotopic (exact) mass is 256 g/mol. The molecule has 4 heteroatoms. The molecule has 3 nitrogen and oxygen atoms in total. The van der Waals surface area contributed by atoms with Gasteiger partial charge < -0.3 is 14.6 Å². The Balaban J connectivity index is 2.51. The van der Waals surface area contributed by atoms with Crippen LogP contribution in [0.4, 0.5) is 0 Å². The Morgan fingerprint density at radius 1 is 1.29 bits per heavy atom. The van der Waals surface area contributed by atoms with Gasteiger partial charge in [0.2, 0.25) is 0 Å². The Labute approximate surface area is 106 Å². The van der Waals surface area contributed by atoms with Crippen molar-refractivity contribution in [3.63, 3.8) is 0 Å². The fourth-order valence-electron chi connectivity index (χ4n) is 2.13. The van der Waals surface area contributed by atoms with Crippen molar-refractivity contribution >= 4 is 11.6 Å². The average molecular weight is 257 g/mol. The summed E-state index contributed by atoms with van der Waals surface area (Å²) in [5, 5.41) is 9.75. The van der Waals surface area contributed by atoms with Gasteiger partial charge in [-0.3, -0.25) is 0 Å². The molecule has 0 unspecified atom stereocenters. The number of aliphatic hydroxyl groups excluding tert-OH is 1. The van der Waals surface area contributed by atoms with Crippen LogP contribution in [0.3, 0.4) is 0 Å². The lowest BCUT2D eigenvalue weighted by molar-refractivity contribution is 0.295. The molecule has 0 atom stereocenters. The fourth-order valence-corrected chi connectivity index (χ4v) is 2.44. The third-order valence-corrected chi connectivity index (χ3v) is 3.25. The maximum Gasteiger partial charge on any atom is 0.164 e. The number of hydrogen-bond acceptors (Lipinski definition) is 3. The second-order valence-electron chi connectivity index (χ2n) is 4.02. The molecule has 1 heterocycles. The van der Waals surface area contributed by atoms with E-state index in [2.05, 4.69) is 6.92 Å². The van der Waals surface area contributed by atoms with Crippen molar-refractivity contribution in [2.24, 2.45) is 0 Å². The Morgan fingerprint density at radius 2 is 2.06 bits per heavy atom. The normalized spacial score (nSPS) is 14.5. The predicted molar refractivity (Wildman–Crippen MR) is 67.2 cm³/mol. The quantitative estimate of drug-likeness (QED) is 0.904. The third kappa shape index (κ3) is 2.50. The Kier molecular flexibility index (Phi) is 4.13. The van der Waals surface area contributed by atoms with Crippen LogP contribution in [0, 0.1) is 0 Å². The van der Waals surface area contributed by atoms with E-state index >= 15 is 0 Å². The minimum absolute atomic E-state index is 0.0896. The van der Waals surface area contributed by atoms with Crippen molar-refractivity contribution in [3.8, 4) is 11.5 Å². The van der Waals surface area contributed by atoms with Crippen molar-refractivity contribution in [2.45, 2.75) is 26.2 Å². The Morgan fingerprint density at radius 3 is 2.76 bits per heavy atom. The topological polar surface area (TPSA) is 38.7 Å². The molecule has 0 spiro atoms. The molecule has 2 rings (SSSR count). The number of benzene rings is 1. The van der Waals surface area contributed by atoms with Crippen LogP contribution in [0.25, 0.3) is 0 Å². The van der Waals surface area contributed by atoms with Gasteiger partial charge >= 0.3 is 0 Å². The highest BCUT2D eigenvalue weighted by Gasteiger charge is 2.19. The summed E-state index contributed by atoms with van der Waals surface area (Å²) in [6, 6.07) is 1.80. The molecule has 0 radical (unpaired) electrons. The molecule has 0 saturated carbocycles. The molecule has 0 aromatic heterocycles. The van der Waals surface area contributed by atoms with Crippen LogP contribution in [0.15, 0.2) is 6.07 Å². The van der Waals surface area contributed by atoms with Gasteiger partial charge in [0.15, 0.2) is 11.5 Å². The van der Waals surface area contributed by atoms with E-state index in [1.165, 1.54) is 0 Å². The van der Waals surface area contributed by atoms with Crippen molar-refractivity contribution in [2.75, 3.05) is 19.8 Å². The van der Waals surface area contributed by atoms with Crippen LogP contribution >= 0.6 is 11.6 Å². The SMILES string of the molecule is CCc1c(CCO)c(Cl)cc2c1OCCCO2. The molecular weight excluding hydrogens is 240 g/mol. The van der Waals surface area contributed by atoms with Gasteiger partial charge in [0.05, 0.1) is 13.2 Å². The highest BCUT2D eigenvalue weighted by molar-refractivity contribution is 6.31. The van der Waals surface area contributed by atoms with Crippen molar-refractivity contribution in [1.29, 1.82) is 0 Å². The van der Waals surface area contributed by atoms with E-state index in [4.69, 9.17) is 26.2 Å². The van der Waals surface area contributed by atoms with E-state index in [1.54, 1.807) is 6.07 Å². The summed E-state index contributed by atoms with van der Waals surface area (Å²) in [4.78, 5) is 0. The van der Waals surface area contributed by atoms with Gasteiger partial charge in [-0.05, 0) is 18.4 Å². The second-order valence-corrected chi connectivity index (χ2v) is 4.43. The van der Waals surface area contributed by atoms with Gasteiger partial charge in [0.25, 0.3) is 0 Å². The smallest absolute Gasteiger partial charge is 0.164 e. The van der Waals surface area contributed by atoms with Crippen LogP contribution in [0.1, 0.15) is 24.5 Å². The summed E-state index contributed by atoms with van der Waals surface area (Å²) in [5.41, 5.74) is 2.03. The summed E-state index contributed by atoms with van der Waals surface area (Å²) >= 11 is 6.23. The van der Waals surface area contributed by atoms with E-state index in [0.717, 1.165) is 35.5 Å². The summed E-state index contributed by atoms with van der Waals surface area (Å²) in [5.74, 6) is 1.53. The summed E-state index contributed by atoms with van der Waals surface area (Å²) < 4.78 is 11.4. The number of aliphatic hydroxyl groups is 1. The molecule has 1 aromatic rings. The maximum absolute atomic E-state index is 9.09. The molecule has 1 aliphatic rings. The molecule has 0 fully saturated rings. The van der Waals surface area contributed by atoms with E-state index in [-0.39, 0.29) is 6.61 Å². The van der Waals surface area contributed by atoms with Crippen LogP contribution in [0.2, 0.25) is 5.02 Å². The summed E-state index contributed by atoms with van der Waals surface area (Å²) in [7, 11) is 0. The van der Waals surface area contributed by atoms with Crippen molar-refractivity contribution in [3.05, 3.63) is 22.2 Å². The molecule has 94 valence electrons. The lowest BCUT2D eigenvalue weighted by Gasteiger charge is -2.17. The Hall–Kier alpha value is -0.930. The van der Waals surface area contributed by atoms with Gasteiger partial charge in [-0.25, -0.2) is 0 Å². The maximum atomic E-state index is 9.09. The molecule has 0 aliphatic carbocycles. The van der Waals surface area contributed by atoms with Crippen LogP contribution in [-0.4, -0.2) is 24.9 Å². The third-order valence-electron chi connectivity index (χ3n) is 2.92. The predicted octanol–water partition coefficient (Wildman–Crippen LogP) is 2.60. The van der Waals surface area contributed by atoms with Crippen LogP contribution in [-0.2, 0) is 12.8 Å². The molecule has 0 bridgehead atoms. The highest BCUT2D eigenvalue weighted by Crippen LogP contribution is 2.40. The van der Waals surface area contributed by atoms with Gasteiger partial charge in [-0.2, -0.15) is 0 Å². The fraction of sp³-hybridized carbons (Fsp3) is 0.538. The first-order chi connectivity index (χ1) is 8.27. The van der Waals surface area contributed by atoms with Crippen molar-refractivity contribution in [1.82, 2.24) is 0 Å². The molecule has 1 aromatic carbocycles. The van der Waals surface area contributed by atoms with Crippen LogP contribution in [0.5, 0.6) is 11.5 Å². The lowest BCUT2D eigenvalue weighted by Crippen LogP contribution is -2.03. The first-order valence-electron chi connectivity index (χ1n) is 5.98. The number of halogens is 1. The van der Waals surface area contributed by atoms with Gasteiger partial charge in [-0.15, -0.1) is 0 Å². The minimum Gasteiger partial charge on any atom is -0.489 e. The number of hydrogen-bond donors (Lipinski definition) is 1. The van der Waals surface area contributed by atoms with Crippen molar-refractivity contribution < 1.29 is 14.6 Å². The molecule has 17 heavy (non-hydrogen) atoms. The molecular formula is C13H17ClO3. The number of ether oxygens (including phenoxy) is 2. The number of fused-ring (bicyclic) bond motifs is 1. The minimum atomic E-state index is 0.0896. The zero-order chi connectivity index (χ0) is 12.3. The zero-order valence-corrected chi connectivity index (χ0v) is 10.7.